The average Bonchev–Trinajstić information content (AvgIpc) is 3.53. The summed E-state index contributed by atoms with van der Waals surface area (Å²) in [6, 6.07) is 37.0. The van der Waals surface area contributed by atoms with E-state index in [0.717, 1.165) is 40.2 Å². The molecule has 0 saturated carbocycles. The summed E-state index contributed by atoms with van der Waals surface area (Å²) < 4.78 is 0. The molecule has 4 aromatic rings. The minimum Gasteiger partial charge on any atom is -0.267 e. The van der Waals surface area contributed by atoms with Crippen molar-refractivity contribution in [3.05, 3.63) is 137 Å². The number of carbonyl (C=O) groups is 1. The first-order chi connectivity index (χ1) is 18.6. The molecule has 1 amide bonds. The van der Waals surface area contributed by atoms with E-state index >= 15 is 0 Å². The zero-order chi connectivity index (χ0) is 26.1. The van der Waals surface area contributed by atoms with Gasteiger partial charge >= 0.3 is 0 Å². The van der Waals surface area contributed by atoms with Crippen molar-refractivity contribution >= 4 is 34.8 Å². The van der Waals surface area contributed by atoms with Crippen LogP contribution in [0.1, 0.15) is 41.6 Å². The molecular weight excluding hydrogens is 468 g/mol. The summed E-state index contributed by atoms with van der Waals surface area (Å²) in [5, 5.41) is 13.2. The predicted octanol–water partition coefficient (Wildman–Crippen LogP) is 7.16. The first-order valence-electron chi connectivity index (χ1n) is 12.8. The van der Waals surface area contributed by atoms with E-state index in [4.69, 9.17) is 5.10 Å². The van der Waals surface area contributed by atoms with Gasteiger partial charge in [-0.2, -0.15) is 15.2 Å². The molecule has 2 aliphatic heterocycles. The van der Waals surface area contributed by atoms with Gasteiger partial charge in [0.15, 0.2) is 0 Å². The fourth-order valence-corrected chi connectivity index (χ4v) is 4.92. The van der Waals surface area contributed by atoms with E-state index in [9.17, 15) is 4.79 Å². The number of hydrogen-bond donors (Lipinski definition) is 0. The number of amides is 1. The SMILES string of the molecule is CC1=NN(c2ccc(C)cc2)C(=O)/C1=C/c1ccc(N2N=C(c3ccccc3)CC2c2ccccc2)cc1. The molecule has 0 N–H and O–H groups in total. The van der Waals surface area contributed by atoms with Gasteiger partial charge in [-0.3, -0.25) is 9.80 Å². The number of rotatable bonds is 5. The quantitative estimate of drug-likeness (QED) is 0.275. The van der Waals surface area contributed by atoms with Crippen LogP contribution < -0.4 is 10.0 Å². The second-order valence-electron chi connectivity index (χ2n) is 9.68. The highest BCUT2D eigenvalue weighted by atomic mass is 16.2. The third kappa shape index (κ3) is 4.55. The van der Waals surface area contributed by atoms with Crippen molar-refractivity contribution in [2.75, 3.05) is 10.0 Å². The van der Waals surface area contributed by atoms with Crippen molar-refractivity contribution in [3.8, 4) is 0 Å². The van der Waals surface area contributed by atoms with Gasteiger partial charge < -0.3 is 0 Å². The summed E-state index contributed by atoms with van der Waals surface area (Å²) in [6.45, 7) is 3.90. The van der Waals surface area contributed by atoms with Crippen LogP contribution in [0.2, 0.25) is 0 Å². The lowest BCUT2D eigenvalue weighted by atomic mass is 9.98. The Kier molecular flexibility index (Phi) is 6.18. The lowest BCUT2D eigenvalue weighted by Gasteiger charge is -2.24. The fraction of sp³-hybridized carbons (Fsp3) is 0.121. The van der Waals surface area contributed by atoms with Crippen molar-refractivity contribution in [1.82, 2.24) is 0 Å². The van der Waals surface area contributed by atoms with Gasteiger partial charge in [-0.25, -0.2) is 0 Å². The van der Waals surface area contributed by atoms with Crippen molar-refractivity contribution in [3.63, 3.8) is 0 Å². The van der Waals surface area contributed by atoms with Crippen molar-refractivity contribution in [2.24, 2.45) is 10.2 Å². The molecule has 38 heavy (non-hydrogen) atoms. The molecule has 0 fully saturated rings. The van der Waals surface area contributed by atoms with Gasteiger partial charge in [0, 0.05) is 6.42 Å². The summed E-state index contributed by atoms with van der Waals surface area (Å²) in [7, 11) is 0. The first-order valence-corrected chi connectivity index (χ1v) is 12.8. The van der Waals surface area contributed by atoms with Gasteiger partial charge in [0.2, 0.25) is 0 Å². The molecule has 0 radical (unpaired) electrons. The van der Waals surface area contributed by atoms with Gasteiger partial charge in [0.25, 0.3) is 5.91 Å². The normalized spacial score (nSPS) is 18.2. The topological polar surface area (TPSA) is 48.3 Å². The number of aryl methyl sites for hydroxylation is 1. The minimum absolute atomic E-state index is 0.115. The molecule has 0 aromatic heterocycles. The standard InChI is InChI=1S/C33H28N4O/c1-23-13-17-29(18-14-23)37-33(38)30(24(2)34-37)21-25-15-19-28(20-16-25)36-32(27-11-7-4-8-12-27)22-31(35-36)26-9-5-3-6-10-26/h3-21,32H,22H2,1-2H3/b30-21+. The lowest BCUT2D eigenvalue weighted by molar-refractivity contribution is -0.114. The van der Waals surface area contributed by atoms with Crippen molar-refractivity contribution in [1.29, 1.82) is 0 Å². The maximum atomic E-state index is 13.2. The van der Waals surface area contributed by atoms with Crippen LogP contribution in [-0.4, -0.2) is 17.3 Å². The van der Waals surface area contributed by atoms with Crippen LogP contribution in [0, 0.1) is 6.92 Å². The summed E-state index contributed by atoms with van der Waals surface area (Å²) in [4.78, 5) is 13.2. The number of hydrazone groups is 2. The molecule has 6 rings (SSSR count). The molecule has 0 aliphatic carbocycles. The Morgan fingerprint density at radius 2 is 1.37 bits per heavy atom. The van der Waals surface area contributed by atoms with E-state index in [2.05, 4.69) is 70.8 Å². The van der Waals surface area contributed by atoms with E-state index < -0.39 is 0 Å². The summed E-state index contributed by atoms with van der Waals surface area (Å²) in [6.07, 6.45) is 2.75. The number of nitrogens with zero attached hydrogens (tertiary/aromatic N) is 4. The highest BCUT2D eigenvalue weighted by molar-refractivity contribution is 6.32. The minimum atomic E-state index is -0.115. The molecule has 1 atom stereocenters. The van der Waals surface area contributed by atoms with E-state index in [-0.39, 0.29) is 11.9 Å². The number of carbonyl (C=O) groups excluding carboxylic acids is 1. The molecule has 5 heteroatoms. The van der Waals surface area contributed by atoms with Crippen molar-refractivity contribution in [2.45, 2.75) is 26.3 Å². The van der Waals surface area contributed by atoms with Crippen molar-refractivity contribution < 1.29 is 4.79 Å². The van der Waals surface area contributed by atoms with Gasteiger partial charge in [-0.05, 0) is 60.9 Å². The Hall–Kier alpha value is -4.77. The molecule has 4 aromatic carbocycles. The number of hydrogen-bond acceptors (Lipinski definition) is 4. The summed E-state index contributed by atoms with van der Waals surface area (Å²) in [5.74, 6) is -0.115. The average molecular weight is 497 g/mol. The molecule has 0 saturated heterocycles. The highest BCUT2D eigenvalue weighted by Gasteiger charge is 2.30. The molecule has 1 unspecified atom stereocenters. The smallest absolute Gasteiger partial charge is 0.267 e. The Labute approximate surface area is 223 Å². The Morgan fingerprint density at radius 1 is 0.737 bits per heavy atom. The molecule has 2 aliphatic rings. The molecule has 2 heterocycles. The van der Waals surface area contributed by atoms with Crippen LogP contribution in [0.3, 0.4) is 0 Å². The number of anilines is 2. The fourth-order valence-electron chi connectivity index (χ4n) is 4.92. The summed E-state index contributed by atoms with van der Waals surface area (Å²) in [5.41, 5.74) is 8.63. The molecular formula is C33H28N4O. The van der Waals surface area contributed by atoms with Gasteiger partial charge in [-0.15, -0.1) is 0 Å². The Balaban J connectivity index is 1.28. The molecule has 186 valence electrons. The first kappa shape index (κ1) is 23.6. The van der Waals surface area contributed by atoms with Crippen LogP contribution in [0.25, 0.3) is 6.08 Å². The maximum Gasteiger partial charge on any atom is 0.280 e. The third-order valence-corrected chi connectivity index (χ3v) is 7.01. The largest absolute Gasteiger partial charge is 0.280 e. The molecule has 5 nitrogen and oxygen atoms in total. The van der Waals surface area contributed by atoms with E-state index in [1.165, 1.54) is 10.6 Å². The lowest BCUT2D eigenvalue weighted by Crippen LogP contribution is -2.21. The maximum absolute atomic E-state index is 13.2. The van der Waals surface area contributed by atoms with Crippen LogP contribution in [0.4, 0.5) is 11.4 Å². The van der Waals surface area contributed by atoms with Gasteiger partial charge in [0.05, 0.1) is 34.4 Å². The zero-order valence-corrected chi connectivity index (χ0v) is 21.5. The van der Waals surface area contributed by atoms with Crippen LogP contribution in [0.15, 0.2) is 125 Å². The van der Waals surface area contributed by atoms with E-state index in [1.54, 1.807) is 0 Å². The Bertz CT molecular complexity index is 1550. The zero-order valence-electron chi connectivity index (χ0n) is 21.5. The predicted molar refractivity (Wildman–Crippen MR) is 155 cm³/mol. The second kappa shape index (κ2) is 9.94. The monoisotopic (exact) mass is 496 g/mol. The third-order valence-electron chi connectivity index (χ3n) is 7.01. The van der Waals surface area contributed by atoms with Crippen LogP contribution in [-0.2, 0) is 4.79 Å². The van der Waals surface area contributed by atoms with E-state index in [1.807, 2.05) is 68.5 Å². The van der Waals surface area contributed by atoms with Gasteiger partial charge in [0.1, 0.15) is 0 Å². The van der Waals surface area contributed by atoms with Crippen LogP contribution >= 0.6 is 0 Å². The Morgan fingerprint density at radius 3 is 2.05 bits per heavy atom. The number of benzene rings is 4. The second-order valence-corrected chi connectivity index (χ2v) is 9.68. The van der Waals surface area contributed by atoms with Crippen LogP contribution in [0.5, 0.6) is 0 Å². The molecule has 0 bridgehead atoms. The van der Waals surface area contributed by atoms with Gasteiger partial charge in [-0.1, -0.05) is 90.5 Å². The summed E-state index contributed by atoms with van der Waals surface area (Å²) >= 11 is 0. The molecule has 0 spiro atoms. The highest BCUT2D eigenvalue weighted by Crippen LogP contribution is 2.37. The van der Waals surface area contributed by atoms with E-state index in [0.29, 0.717) is 11.3 Å².